The molecule has 6 nitrogen and oxygen atoms in total. The van der Waals surface area contributed by atoms with Crippen LogP contribution in [0.1, 0.15) is 71.5 Å². The number of alkyl halides is 3. The maximum Gasteiger partial charge on any atom is 0.416 e. The second-order valence-electron chi connectivity index (χ2n) is 9.66. The minimum Gasteiger partial charge on any atom is -0.348 e. The van der Waals surface area contributed by atoms with Crippen LogP contribution in [0.15, 0.2) is 54.6 Å². The van der Waals surface area contributed by atoms with E-state index in [0.717, 1.165) is 5.56 Å². The summed E-state index contributed by atoms with van der Waals surface area (Å²) < 4.78 is 52.7. The van der Waals surface area contributed by atoms with E-state index in [2.05, 4.69) is 10.6 Å². The van der Waals surface area contributed by atoms with Gasteiger partial charge in [-0.25, -0.2) is 4.39 Å². The summed E-state index contributed by atoms with van der Waals surface area (Å²) in [6.07, 6.45) is -0.267. The standard InChI is InChI=1S/C27H27F4N3O3/c1-15-4-5-16(2)34(15)24(36)19-8-6-18(7-9-19)17(3)32-25(37)26(10-11-26)33-23(35)20-12-21(27(29,30)31)14-22(28)13-20/h4-9,12-17H,10-11H2,1-3H3,(H,32,37)(H,33,35)/t15?,16?,17-/m1/s1. The molecule has 0 radical (unpaired) electrons. The lowest BCUT2D eigenvalue weighted by Crippen LogP contribution is -2.49. The van der Waals surface area contributed by atoms with Gasteiger partial charge in [-0.15, -0.1) is 0 Å². The van der Waals surface area contributed by atoms with E-state index in [4.69, 9.17) is 0 Å². The van der Waals surface area contributed by atoms with Crippen LogP contribution in [-0.4, -0.2) is 40.2 Å². The molecule has 10 heteroatoms. The summed E-state index contributed by atoms with van der Waals surface area (Å²) in [7, 11) is 0. The zero-order valence-electron chi connectivity index (χ0n) is 20.5. The lowest BCUT2D eigenvalue weighted by atomic mass is 10.0. The highest BCUT2D eigenvalue weighted by Gasteiger charge is 2.51. The summed E-state index contributed by atoms with van der Waals surface area (Å²) >= 11 is 0. The molecule has 3 atom stereocenters. The second kappa shape index (κ2) is 9.64. The summed E-state index contributed by atoms with van der Waals surface area (Å²) in [6, 6.07) is 7.94. The molecule has 3 amide bonds. The molecule has 0 aromatic heterocycles. The van der Waals surface area contributed by atoms with Crippen LogP contribution >= 0.6 is 0 Å². The van der Waals surface area contributed by atoms with Gasteiger partial charge in [0.15, 0.2) is 0 Å². The smallest absolute Gasteiger partial charge is 0.348 e. The van der Waals surface area contributed by atoms with E-state index in [9.17, 15) is 31.9 Å². The fourth-order valence-corrected chi connectivity index (χ4v) is 4.44. The lowest BCUT2D eigenvalue weighted by molar-refractivity contribution is -0.137. The molecule has 4 rings (SSSR count). The van der Waals surface area contributed by atoms with Crippen molar-refractivity contribution in [2.75, 3.05) is 0 Å². The largest absolute Gasteiger partial charge is 0.416 e. The predicted molar refractivity (Wildman–Crippen MR) is 128 cm³/mol. The van der Waals surface area contributed by atoms with Crippen molar-refractivity contribution in [3.05, 3.63) is 82.7 Å². The van der Waals surface area contributed by atoms with Gasteiger partial charge >= 0.3 is 6.18 Å². The number of carbonyl (C=O) groups excluding carboxylic acids is 3. The van der Waals surface area contributed by atoms with Crippen LogP contribution in [-0.2, 0) is 11.0 Å². The number of nitrogens with one attached hydrogen (secondary N) is 2. The third-order valence-electron chi connectivity index (χ3n) is 6.81. The number of hydrogen-bond acceptors (Lipinski definition) is 3. The summed E-state index contributed by atoms with van der Waals surface area (Å²) in [5, 5.41) is 5.28. The monoisotopic (exact) mass is 517 g/mol. The SMILES string of the molecule is CC1C=CC(C)N1C(=O)c1ccc([C@@H](C)NC(=O)C2(NC(=O)c3cc(F)cc(C(F)(F)F)c3)CC2)cc1. The van der Waals surface area contributed by atoms with Crippen molar-refractivity contribution >= 4 is 17.7 Å². The van der Waals surface area contributed by atoms with Crippen molar-refractivity contribution in [2.45, 2.75) is 63.5 Å². The van der Waals surface area contributed by atoms with Crippen LogP contribution in [0.3, 0.4) is 0 Å². The second-order valence-corrected chi connectivity index (χ2v) is 9.66. The van der Waals surface area contributed by atoms with Gasteiger partial charge in [-0.05, 0) is 69.5 Å². The number of nitrogens with zero attached hydrogens (tertiary/aromatic N) is 1. The Kier molecular flexibility index (Phi) is 6.87. The molecule has 1 aliphatic carbocycles. The van der Waals surface area contributed by atoms with E-state index in [-0.39, 0.29) is 18.0 Å². The first-order valence-corrected chi connectivity index (χ1v) is 11.9. The molecule has 0 spiro atoms. The molecular weight excluding hydrogens is 490 g/mol. The van der Waals surface area contributed by atoms with Crippen molar-refractivity contribution in [1.29, 1.82) is 0 Å². The number of benzene rings is 2. The number of carbonyl (C=O) groups is 3. The number of halogens is 4. The molecule has 0 saturated heterocycles. The highest BCUT2D eigenvalue weighted by molar-refractivity contribution is 6.01. The fraction of sp³-hybridized carbons (Fsp3) is 0.370. The van der Waals surface area contributed by atoms with Crippen LogP contribution in [0.4, 0.5) is 17.6 Å². The van der Waals surface area contributed by atoms with E-state index < -0.39 is 46.5 Å². The van der Waals surface area contributed by atoms with Crippen LogP contribution in [0.2, 0.25) is 0 Å². The summed E-state index contributed by atoms with van der Waals surface area (Å²) in [5.74, 6) is -2.76. The number of rotatable bonds is 6. The Morgan fingerprint density at radius 3 is 2.11 bits per heavy atom. The summed E-state index contributed by atoms with van der Waals surface area (Å²) in [6.45, 7) is 5.63. The minimum atomic E-state index is -4.82. The van der Waals surface area contributed by atoms with Gasteiger partial charge in [0.05, 0.1) is 11.6 Å². The first-order chi connectivity index (χ1) is 17.3. The Labute approximate surface area is 211 Å². The molecule has 37 heavy (non-hydrogen) atoms. The molecule has 1 aliphatic heterocycles. The Hall–Kier alpha value is -3.69. The van der Waals surface area contributed by atoms with Crippen LogP contribution in [0.5, 0.6) is 0 Å². The molecule has 1 saturated carbocycles. The molecule has 2 unspecified atom stereocenters. The normalized spacial score (nSPS) is 20.9. The van der Waals surface area contributed by atoms with Crippen molar-refractivity contribution in [3.8, 4) is 0 Å². The lowest BCUT2D eigenvalue weighted by Gasteiger charge is -2.27. The van der Waals surface area contributed by atoms with Crippen LogP contribution in [0.25, 0.3) is 0 Å². The Morgan fingerprint density at radius 1 is 0.973 bits per heavy atom. The van der Waals surface area contributed by atoms with Gasteiger partial charge in [0.25, 0.3) is 11.8 Å². The summed E-state index contributed by atoms with van der Waals surface area (Å²) in [4.78, 5) is 40.2. The first-order valence-electron chi connectivity index (χ1n) is 11.9. The van der Waals surface area contributed by atoms with Gasteiger partial charge in [-0.1, -0.05) is 24.3 Å². The Bertz CT molecular complexity index is 1240. The molecule has 1 fully saturated rings. The maximum atomic E-state index is 13.7. The zero-order valence-corrected chi connectivity index (χ0v) is 20.5. The van der Waals surface area contributed by atoms with Crippen molar-refractivity contribution in [2.24, 2.45) is 0 Å². The first kappa shape index (κ1) is 26.4. The number of amides is 3. The Balaban J connectivity index is 1.40. The minimum absolute atomic E-state index is 0.00207. The molecule has 2 N–H and O–H groups in total. The molecule has 0 bridgehead atoms. The summed E-state index contributed by atoms with van der Waals surface area (Å²) in [5.41, 5.74) is -1.83. The highest BCUT2D eigenvalue weighted by Crippen LogP contribution is 2.37. The maximum absolute atomic E-state index is 13.7. The van der Waals surface area contributed by atoms with Gasteiger partial charge in [0.2, 0.25) is 5.91 Å². The average Bonchev–Trinajstić information content (AvgIpc) is 3.54. The predicted octanol–water partition coefficient (Wildman–Crippen LogP) is 4.77. The topological polar surface area (TPSA) is 78.5 Å². The van der Waals surface area contributed by atoms with E-state index >= 15 is 0 Å². The third kappa shape index (κ3) is 5.52. The van der Waals surface area contributed by atoms with Gasteiger partial charge < -0.3 is 15.5 Å². The van der Waals surface area contributed by atoms with Crippen molar-refractivity contribution in [1.82, 2.24) is 15.5 Å². The molecule has 2 aliphatic rings. The van der Waals surface area contributed by atoms with Crippen molar-refractivity contribution < 1.29 is 31.9 Å². The van der Waals surface area contributed by atoms with Gasteiger partial charge in [0.1, 0.15) is 11.4 Å². The molecule has 2 aromatic carbocycles. The van der Waals surface area contributed by atoms with Crippen LogP contribution in [0, 0.1) is 5.82 Å². The zero-order chi connectivity index (χ0) is 27.1. The molecule has 1 heterocycles. The Morgan fingerprint density at radius 2 is 1.57 bits per heavy atom. The van der Waals surface area contributed by atoms with Crippen molar-refractivity contribution in [3.63, 3.8) is 0 Å². The quantitative estimate of drug-likeness (QED) is 0.428. The average molecular weight is 518 g/mol. The van der Waals surface area contributed by atoms with E-state index in [1.165, 1.54) is 0 Å². The van der Waals surface area contributed by atoms with E-state index in [1.807, 2.05) is 26.0 Å². The van der Waals surface area contributed by atoms with Gasteiger partial charge in [-0.2, -0.15) is 13.2 Å². The molecule has 2 aromatic rings. The van der Waals surface area contributed by atoms with Gasteiger partial charge in [-0.3, -0.25) is 14.4 Å². The van der Waals surface area contributed by atoms with Gasteiger partial charge in [0, 0.05) is 23.2 Å². The van der Waals surface area contributed by atoms with E-state index in [1.54, 1.807) is 36.1 Å². The molecular formula is C27H27F4N3O3. The highest BCUT2D eigenvalue weighted by atomic mass is 19.4. The number of hydrogen-bond donors (Lipinski definition) is 2. The molecule has 196 valence electrons. The van der Waals surface area contributed by atoms with Crippen LogP contribution < -0.4 is 10.6 Å². The third-order valence-corrected chi connectivity index (χ3v) is 6.81. The fourth-order valence-electron chi connectivity index (χ4n) is 4.44. The van der Waals surface area contributed by atoms with E-state index in [0.29, 0.717) is 36.6 Å².